The zero-order chi connectivity index (χ0) is 26.6. The van der Waals surface area contributed by atoms with Crippen molar-refractivity contribution in [2.75, 3.05) is 0 Å². The Bertz CT molecular complexity index is 913. The molecule has 0 aliphatic heterocycles. The molecule has 0 radical (unpaired) electrons. The number of hydrogen-bond acceptors (Lipinski definition) is 6. The number of ether oxygens (including phenoxy) is 2. The van der Waals surface area contributed by atoms with Crippen molar-refractivity contribution in [3.8, 4) is 0 Å². The van der Waals surface area contributed by atoms with Crippen LogP contribution in [0.25, 0.3) is 0 Å². The molecule has 202 valence electrons. The first-order valence-electron chi connectivity index (χ1n) is 13.9. The van der Waals surface area contributed by atoms with Gasteiger partial charge in [-0.3, -0.25) is 19.2 Å². The first-order valence-corrected chi connectivity index (χ1v) is 13.9. The van der Waals surface area contributed by atoms with Crippen molar-refractivity contribution in [2.45, 2.75) is 105 Å². The molecule has 36 heavy (non-hydrogen) atoms. The van der Waals surface area contributed by atoms with Crippen molar-refractivity contribution in [3.05, 3.63) is 0 Å². The number of fused-ring (bicyclic) bond motifs is 5. The topological polar surface area (TPSA) is 107 Å². The molecule has 4 saturated carbocycles. The van der Waals surface area contributed by atoms with Gasteiger partial charge in [0, 0.05) is 38.0 Å². The van der Waals surface area contributed by atoms with Gasteiger partial charge in [-0.25, -0.2) is 0 Å². The smallest absolute Gasteiger partial charge is 0.303 e. The lowest BCUT2D eigenvalue weighted by atomic mass is 9.43. The van der Waals surface area contributed by atoms with Gasteiger partial charge in [0.15, 0.2) is 0 Å². The monoisotopic (exact) mass is 504 g/mol. The van der Waals surface area contributed by atoms with E-state index in [0.29, 0.717) is 12.2 Å². The van der Waals surface area contributed by atoms with Gasteiger partial charge in [-0.05, 0) is 79.4 Å². The van der Waals surface area contributed by atoms with Crippen LogP contribution in [-0.2, 0) is 28.7 Å². The number of carbonyl (C=O) groups excluding carboxylic acids is 3. The fourth-order valence-electron chi connectivity index (χ4n) is 9.29. The van der Waals surface area contributed by atoms with E-state index in [1.807, 2.05) is 6.92 Å². The molecule has 4 fully saturated rings. The van der Waals surface area contributed by atoms with Crippen molar-refractivity contribution in [1.29, 1.82) is 0 Å². The van der Waals surface area contributed by atoms with Gasteiger partial charge in [0.25, 0.3) is 0 Å². The van der Waals surface area contributed by atoms with Gasteiger partial charge in [0.1, 0.15) is 18.0 Å². The molecule has 7 heteroatoms. The number of aliphatic carboxylic acids is 1. The second-order valence-electron chi connectivity index (χ2n) is 12.9. The van der Waals surface area contributed by atoms with Gasteiger partial charge >= 0.3 is 17.9 Å². The van der Waals surface area contributed by atoms with E-state index in [1.165, 1.54) is 13.8 Å². The number of carbonyl (C=O) groups is 4. The lowest BCUT2D eigenvalue weighted by Gasteiger charge is -2.62. The highest BCUT2D eigenvalue weighted by molar-refractivity contribution is 5.87. The zero-order valence-corrected chi connectivity index (χ0v) is 22.7. The average Bonchev–Trinajstić information content (AvgIpc) is 3.12. The standard InChI is InChI=1S/C29H44O7/c1-15(11-26(33)34)16(2)21-7-8-22-27-23(14-25(32)29(21,22)6)28(5)10-9-20(35-17(3)30)12-19(28)13-24(27)36-18(4)31/h15-16,19-24,27H,7-14H2,1-6H3,(H,33,34)/t15?,16-,19?,20-,21-,22+,23+,24-,27+,28+,29-/m1/s1. The fraction of sp³-hybridized carbons (Fsp3) is 0.862. The molecule has 0 aromatic carbocycles. The summed E-state index contributed by atoms with van der Waals surface area (Å²) >= 11 is 0. The number of carboxylic acids is 1. The van der Waals surface area contributed by atoms with Crippen LogP contribution in [0.5, 0.6) is 0 Å². The van der Waals surface area contributed by atoms with Gasteiger partial charge in [-0.1, -0.05) is 27.7 Å². The molecule has 0 aromatic rings. The van der Waals surface area contributed by atoms with Crippen LogP contribution in [0.3, 0.4) is 0 Å². The lowest BCUT2D eigenvalue weighted by molar-refractivity contribution is -0.197. The predicted octanol–water partition coefficient (Wildman–Crippen LogP) is 5.04. The van der Waals surface area contributed by atoms with Gasteiger partial charge in [-0.2, -0.15) is 0 Å². The van der Waals surface area contributed by atoms with Crippen LogP contribution in [-0.4, -0.2) is 41.0 Å². The van der Waals surface area contributed by atoms with Crippen molar-refractivity contribution in [1.82, 2.24) is 0 Å². The minimum absolute atomic E-state index is 0.0114. The third-order valence-electron chi connectivity index (χ3n) is 11.2. The predicted molar refractivity (Wildman–Crippen MR) is 133 cm³/mol. The summed E-state index contributed by atoms with van der Waals surface area (Å²) in [5.74, 6) is -0.194. The van der Waals surface area contributed by atoms with Crippen LogP contribution in [0.1, 0.15) is 92.9 Å². The fourth-order valence-corrected chi connectivity index (χ4v) is 9.29. The summed E-state index contributed by atoms with van der Waals surface area (Å²) < 4.78 is 11.6. The molecule has 0 saturated heterocycles. The molecule has 0 aromatic heterocycles. The zero-order valence-electron chi connectivity index (χ0n) is 22.7. The van der Waals surface area contributed by atoms with Crippen LogP contribution >= 0.6 is 0 Å². The maximum atomic E-state index is 14.1. The molecule has 0 heterocycles. The number of esters is 2. The van der Waals surface area contributed by atoms with E-state index < -0.39 is 11.4 Å². The minimum atomic E-state index is -0.797. The third kappa shape index (κ3) is 4.49. The molecule has 0 bridgehead atoms. The van der Waals surface area contributed by atoms with Crippen LogP contribution < -0.4 is 0 Å². The molecular formula is C29H44O7. The number of rotatable bonds is 6. The average molecular weight is 505 g/mol. The minimum Gasteiger partial charge on any atom is -0.481 e. The van der Waals surface area contributed by atoms with Crippen molar-refractivity contribution in [2.24, 2.45) is 52.3 Å². The molecule has 4 aliphatic rings. The molecule has 4 rings (SSSR count). The second-order valence-corrected chi connectivity index (χ2v) is 12.9. The van der Waals surface area contributed by atoms with E-state index in [2.05, 4.69) is 20.8 Å². The summed E-state index contributed by atoms with van der Waals surface area (Å²) in [4.78, 5) is 49.3. The number of hydrogen-bond donors (Lipinski definition) is 1. The van der Waals surface area contributed by atoms with E-state index in [0.717, 1.165) is 38.5 Å². The van der Waals surface area contributed by atoms with E-state index >= 15 is 0 Å². The summed E-state index contributed by atoms with van der Waals surface area (Å²) in [7, 11) is 0. The van der Waals surface area contributed by atoms with E-state index in [9.17, 15) is 24.3 Å². The Morgan fingerprint density at radius 2 is 1.67 bits per heavy atom. The molecule has 11 atom stereocenters. The molecule has 2 unspecified atom stereocenters. The lowest BCUT2D eigenvalue weighted by Crippen LogP contribution is -2.62. The first-order chi connectivity index (χ1) is 16.8. The first kappa shape index (κ1) is 27.1. The van der Waals surface area contributed by atoms with E-state index in [1.54, 1.807) is 0 Å². The summed E-state index contributed by atoms with van der Waals surface area (Å²) in [6.07, 6.45) is 5.23. The van der Waals surface area contributed by atoms with Crippen LogP contribution in [0, 0.1) is 52.3 Å². The molecule has 0 spiro atoms. The van der Waals surface area contributed by atoms with E-state index in [-0.39, 0.29) is 77.4 Å². The normalized spacial score (nSPS) is 43.4. The molecule has 4 aliphatic carbocycles. The van der Waals surface area contributed by atoms with Crippen molar-refractivity contribution < 1.29 is 33.8 Å². The quantitative estimate of drug-likeness (QED) is 0.505. The highest BCUT2D eigenvalue weighted by atomic mass is 16.5. The van der Waals surface area contributed by atoms with Crippen LogP contribution in [0.2, 0.25) is 0 Å². The Kier molecular flexibility index (Phi) is 7.35. The highest BCUT2D eigenvalue weighted by Gasteiger charge is 2.67. The third-order valence-corrected chi connectivity index (χ3v) is 11.2. The molecule has 0 amide bonds. The van der Waals surface area contributed by atoms with Crippen LogP contribution in [0.4, 0.5) is 0 Å². The second kappa shape index (κ2) is 9.75. The van der Waals surface area contributed by atoms with Crippen LogP contribution in [0.15, 0.2) is 0 Å². The Balaban J connectivity index is 1.66. The van der Waals surface area contributed by atoms with Gasteiger partial charge in [0.05, 0.1) is 0 Å². The summed E-state index contributed by atoms with van der Waals surface area (Å²) in [6, 6.07) is 0. The molecule has 1 N–H and O–H groups in total. The highest BCUT2D eigenvalue weighted by Crippen LogP contribution is 2.68. The van der Waals surface area contributed by atoms with Gasteiger partial charge in [0.2, 0.25) is 0 Å². The number of Topliss-reactive ketones (excluding diaryl/α,β-unsaturated/α-hetero) is 1. The SMILES string of the molecule is CC(=O)O[C@@H]1CC[C@@]2(C)C(C1)C[C@@H](OC(C)=O)[C@H]1[C@@H]3CC[C@H]([C@H](C)C(C)CC(=O)O)[C@@]3(C)C(=O)C[C@@H]12. The maximum absolute atomic E-state index is 14.1. The van der Waals surface area contributed by atoms with Gasteiger partial charge in [-0.15, -0.1) is 0 Å². The Morgan fingerprint density at radius 3 is 2.28 bits per heavy atom. The van der Waals surface area contributed by atoms with Crippen molar-refractivity contribution >= 4 is 23.7 Å². The Labute approximate surface area is 215 Å². The Morgan fingerprint density at radius 1 is 1.00 bits per heavy atom. The summed E-state index contributed by atoms with van der Waals surface area (Å²) in [6.45, 7) is 11.4. The van der Waals surface area contributed by atoms with E-state index in [4.69, 9.17) is 9.47 Å². The summed E-state index contributed by atoms with van der Waals surface area (Å²) in [5.41, 5.74) is -0.584. The van der Waals surface area contributed by atoms with Gasteiger partial charge < -0.3 is 14.6 Å². The number of carboxylic acid groups (broad SMARTS) is 1. The maximum Gasteiger partial charge on any atom is 0.303 e. The Hall–Kier alpha value is -1.92. The molecular weight excluding hydrogens is 460 g/mol. The van der Waals surface area contributed by atoms with Crippen molar-refractivity contribution in [3.63, 3.8) is 0 Å². The molecule has 7 nitrogen and oxygen atoms in total. The summed E-state index contributed by atoms with van der Waals surface area (Å²) in [5, 5.41) is 9.36. The number of ketones is 1. The largest absolute Gasteiger partial charge is 0.481 e.